The third kappa shape index (κ3) is 6.78. The number of nitrogens with one attached hydrogen (secondary N) is 1. The van der Waals surface area contributed by atoms with Crippen molar-refractivity contribution in [3.05, 3.63) is 65.5 Å². The number of aryl methyl sites for hydroxylation is 1. The molecule has 9 heteroatoms. The predicted octanol–water partition coefficient (Wildman–Crippen LogP) is 3.39. The van der Waals surface area contributed by atoms with Gasteiger partial charge >= 0.3 is 0 Å². The van der Waals surface area contributed by atoms with Crippen LogP contribution in [0, 0.1) is 6.92 Å². The molecule has 1 fully saturated rings. The standard InChI is InChI=1S/C14H17N5OS.C9H11NO/c15-12(20)11-13(17-10-6-2-3-7-16-10)21-14(18-11)19-8-4-1-5-9-19;1-7-3-2-4-8(5-7)6-9(10)11/h2-3,6-7H,1,4-5,8-9H2,(H2,15,20)(H,16,17);2-5H,6H2,1H3,(H2,10,11). The van der Waals surface area contributed by atoms with Crippen LogP contribution in [-0.4, -0.2) is 34.9 Å². The number of piperidine rings is 1. The van der Waals surface area contributed by atoms with Crippen molar-refractivity contribution in [3.63, 3.8) is 0 Å². The zero-order valence-electron chi connectivity index (χ0n) is 18.1. The van der Waals surface area contributed by atoms with E-state index in [2.05, 4.69) is 20.2 Å². The fraction of sp³-hybridized carbons (Fsp3) is 0.304. The molecule has 0 unspecified atom stereocenters. The fourth-order valence-electron chi connectivity index (χ4n) is 3.36. The van der Waals surface area contributed by atoms with E-state index in [9.17, 15) is 9.59 Å². The lowest BCUT2D eigenvalue weighted by Gasteiger charge is -2.25. The van der Waals surface area contributed by atoms with E-state index in [0.717, 1.165) is 42.2 Å². The summed E-state index contributed by atoms with van der Waals surface area (Å²) in [6, 6.07) is 13.3. The van der Waals surface area contributed by atoms with E-state index in [0.29, 0.717) is 17.2 Å². The van der Waals surface area contributed by atoms with Crippen LogP contribution in [0.3, 0.4) is 0 Å². The topological polar surface area (TPSA) is 127 Å². The molecule has 3 aromatic rings. The van der Waals surface area contributed by atoms with E-state index < -0.39 is 5.91 Å². The van der Waals surface area contributed by atoms with Gasteiger partial charge in [0.2, 0.25) is 5.91 Å². The summed E-state index contributed by atoms with van der Waals surface area (Å²) in [6.45, 7) is 3.95. The van der Waals surface area contributed by atoms with Gasteiger partial charge in [-0.05, 0) is 43.9 Å². The molecule has 0 atom stereocenters. The molecule has 0 radical (unpaired) electrons. The molecule has 2 aromatic heterocycles. The third-order valence-corrected chi connectivity index (χ3v) is 5.87. The molecule has 1 aromatic carbocycles. The molecule has 0 bridgehead atoms. The van der Waals surface area contributed by atoms with E-state index in [1.165, 1.54) is 17.8 Å². The average Bonchev–Trinajstić information content (AvgIpc) is 3.19. The summed E-state index contributed by atoms with van der Waals surface area (Å²) in [4.78, 5) is 32.9. The van der Waals surface area contributed by atoms with Crippen molar-refractivity contribution in [2.75, 3.05) is 23.3 Å². The van der Waals surface area contributed by atoms with Gasteiger partial charge in [-0.1, -0.05) is 47.2 Å². The van der Waals surface area contributed by atoms with Gasteiger partial charge < -0.3 is 21.7 Å². The van der Waals surface area contributed by atoms with Gasteiger partial charge in [0.25, 0.3) is 5.91 Å². The second-order valence-electron chi connectivity index (χ2n) is 7.56. The first-order valence-electron chi connectivity index (χ1n) is 10.5. The number of carbonyl (C=O) groups is 2. The molecular weight excluding hydrogens is 424 g/mol. The van der Waals surface area contributed by atoms with Gasteiger partial charge in [-0.2, -0.15) is 0 Å². The second-order valence-corrected chi connectivity index (χ2v) is 8.54. The van der Waals surface area contributed by atoms with Crippen molar-refractivity contribution in [1.82, 2.24) is 9.97 Å². The van der Waals surface area contributed by atoms with Crippen LogP contribution in [0.4, 0.5) is 16.0 Å². The van der Waals surface area contributed by atoms with Crippen LogP contribution in [0.15, 0.2) is 48.7 Å². The summed E-state index contributed by atoms with van der Waals surface area (Å²) in [5, 5.41) is 4.63. The summed E-state index contributed by atoms with van der Waals surface area (Å²) in [5.41, 5.74) is 12.9. The number of nitrogens with zero attached hydrogens (tertiary/aromatic N) is 3. The largest absolute Gasteiger partial charge is 0.369 e. The number of thiazole rings is 1. The monoisotopic (exact) mass is 452 g/mol. The number of nitrogens with two attached hydrogens (primary N) is 2. The normalized spacial score (nSPS) is 13.1. The van der Waals surface area contributed by atoms with Crippen molar-refractivity contribution in [2.24, 2.45) is 11.5 Å². The molecule has 1 aliphatic heterocycles. The number of pyridine rings is 1. The molecule has 168 valence electrons. The zero-order valence-corrected chi connectivity index (χ0v) is 18.9. The number of primary amides is 2. The van der Waals surface area contributed by atoms with Crippen LogP contribution in [0.25, 0.3) is 0 Å². The maximum atomic E-state index is 11.6. The summed E-state index contributed by atoms with van der Waals surface area (Å²) < 4.78 is 0. The highest BCUT2D eigenvalue weighted by Crippen LogP contribution is 2.34. The summed E-state index contributed by atoms with van der Waals surface area (Å²) in [6.07, 6.45) is 5.60. The van der Waals surface area contributed by atoms with Gasteiger partial charge in [-0.3, -0.25) is 9.59 Å². The number of rotatable bonds is 6. The molecule has 0 spiro atoms. The molecule has 5 N–H and O–H groups in total. The number of hydrogen-bond acceptors (Lipinski definition) is 7. The van der Waals surface area contributed by atoms with Crippen molar-refractivity contribution in [3.8, 4) is 0 Å². The van der Waals surface area contributed by atoms with Crippen LogP contribution in [0.2, 0.25) is 0 Å². The smallest absolute Gasteiger partial charge is 0.270 e. The van der Waals surface area contributed by atoms with E-state index in [1.807, 2.05) is 49.4 Å². The first kappa shape index (κ1) is 23.2. The minimum atomic E-state index is -0.520. The second kappa shape index (κ2) is 11.2. The summed E-state index contributed by atoms with van der Waals surface area (Å²) in [5.74, 6) is -0.127. The summed E-state index contributed by atoms with van der Waals surface area (Å²) >= 11 is 1.45. The molecule has 8 nitrogen and oxygen atoms in total. The van der Waals surface area contributed by atoms with E-state index in [4.69, 9.17) is 11.5 Å². The quantitative estimate of drug-likeness (QED) is 0.526. The number of anilines is 3. The van der Waals surface area contributed by atoms with Crippen molar-refractivity contribution in [1.29, 1.82) is 0 Å². The van der Waals surface area contributed by atoms with Gasteiger partial charge in [0.15, 0.2) is 10.8 Å². The lowest BCUT2D eigenvalue weighted by molar-refractivity contribution is -0.117. The highest BCUT2D eigenvalue weighted by molar-refractivity contribution is 7.20. The van der Waals surface area contributed by atoms with Crippen molar-refractivity contribution in [2.45, 2.75) is 32.6 Å². The number of hydrogen-bond donors (Lipinski definition) is 3. The average molecular weight is 453 g/mol. The van der Waals surface area contributed by atoms with Crippen molar-refractivity contribution >= 4 is 39.1 Å². The molecule has 0 aliphatic carbocycles. The van der Waals surface area contributed by atoms with Gasteiger partial charge in [0, 0.05) is 19.3 Å². The number of carbonyl (C=O) groups excluding carboxylic acids is 2. The first-order chi connectivity index (χ1) is 15.4. The molecule has 1 saturated heterocycles. The minimum Gasteiger partial charge on any atom is -0.369 e. The Hall–Kier alpha value is -3.46. The lowest BCUT2D eigenvalue weighted by Crippen LogP contribution is -2.29. The summed E-state index contributed by atoms with van der Waals surface area (Å²) in [7, 11) is 0. The Balaban J connectivity index is 0.000000222. The van der Waals surface area contributed by atoms with Crippen molar-refractivity contribution < 1.29 is 9.59 Å². The Morgan fingerprint density at radius 2 is 1.88 bits per heavy atom. The predicted molar refractivity (Wildman–Crippen MR) is 128 cm³/mol. The molecule has 32 heavy (non-hydrogen) atoms. The molecule has 0 saturated carbocycles. The SMILES string of the molecule is Cc1cccc(CC(N)=O)c1.NC(=O)c1nc(N2CCCCC2)sc1Nc1ccccn1. The molecule has 3 heterocycles. The minimum absolute atomic E-state index is 0.282. The van der Waals surface area contributed by atoms with Crippen LogP contribution in [-0.2, 0) is 11.2 Å². The van der Waals surface area contributed by atoms with Gasteiger partial charge in [-0.25, -0.2) is 9.97 Å². The molecular formula is C23H28N6O2S. The number of aromatic nitrogens is 2. The van der Waals surface area contributed by atoms with E-state index >= 15 is 0 Å². The third-order valence-electron chi connectivity index (χ3n) is 4.84. The Morgan fingerprint density at radius 3 is 2.50 bits per heavy atom. The maximum Gasteiger partial charge on any atom is 0.270 e. The highest BCUT2D eigenvalue weighted by atomic mass is 32.1. The van der Waals surface area contributed by atoms with Gasteiger partial charge in [0.1, 0.15) is 10.8 Å². The number of amides is 2. The van der Waals surface area contributed by atoms with E-state index in [-0.39, 0.29) is 11.6 Å². The Bertz CT molecular complexity index is 1050. The molecule has 4 rings (SSSR count). The van der Waals surface area contributed by atoms with Gasteiger partial charge in [-0.15, -0.1) is 0 Å². The fourth-order valence-corrected chi connectivity index (χ4v) is 4.39. The van der Waals surface area contributed by atoms with Crippen LogP contribution >= 0.6 is 11.3 Å². The Labute approximate surface area is 191 Å². The van der Waals surface area contributed by atoms with Gasteiger partial charge in [0.05, 0.1) is 6.42 Å². The Morgan fingerprint density at radius 1 is 1.09 bits per heavy atom. The number of benzene rings is 1. The molecule has 2 amide bonds. The van der Waals surface area contributed by atoms with Crippen LogP contribution < -0.4 is 21.7 Å². The lowest BCUT2D eigenvalue weighted by atomic mass is 10.1. The van der Waals surface area contributed by atoms with E-state index in [1.54, 1.807) is 6.20 Å². The first-order valence-corrected chi connectivity index (χ1v) is 11.3. The zero-order chi connectivity index (χ0) is 22.9. The van der Waals surface area contributed by atoms with Crippen LogP contribution in [0.1, 0.15) is 40.9 Å². The maximum absolute atomic E-state index is 11.6. The Kier molecular flexibility index (Phi) is 8.15. The molecule has 1 aliphatic rings. The van der Waals surface area contributed by atoms with Crippen LogP contribution in [0.5, 0.6) is 0 Å². The highest BCUT2D eigenvalue weighted by Gasteiger charge is 2.21.